The third-order valence-electron chi connectivity index (χ3n) is 2.34. The third kappa shape index (κ3) is 2.77. The maximum atomic E-state index is 9.95. The van der Waals surface area contributed by atoms with Gasteiger partial charge in [0.25, 0.3) is 0 Å². The zero-order valence-electron chi connectivity index (χ0n) is 8.36. The van der Waals surface area contributed by atoms with Gasteiger partial charge in [-0.1, -0.05) is 29.3 Å². The van der Waals surface area contributed by atoms with Gasteiger partial charge in [-0.2, -0.15) is 11.3 Å². The van der Waals surface area contributed by atoms with Crippen molar-refractivity contribution in [2.75, 3.05) is 0 Å². The lowest BCUT2D eigenvalue weighted by atomic mass is 10.0. The van der Waals surface area contributed by atoms with Crippen molar-refractivity contribution >= 4 is 34.5 Å². The lowest BCUT2D eigenvalue weighted by Crippen LogP contribution is -2.00. The molecule has 0 saturated heterocycles. The average Bonchev–Trinajstić information content (AvgIpc) is 2.77. The molecule has 0 saturated carbocycles. The van der Waals surface area contributed by atoms with E-state index in [4.69, 9.17) is 23.2 Å². The van der Waals surface area contributed by atoms with Crippen LogP contribution in [-0.4, -0.2) is 5.11 Å². The molecule has 1 aromatic heterocycles. The number of benzene rings is 1. The van der Waals surface area contributed by atoms with Gasteiger partial charge in [0.1, 0.15) is 0 Å². The van der Waals surface area contributed by atoms with E-state index in [0.29, 0.717) is 16.5 Å². The van der Waals surface area contributed by atoms with Crippen molar-refractivity contribution in [3.8, 4) is 0 Å². The quantitative estimate of drug-likeness (QED) is 0.882. The van der Waals surface area contributed by atoms with Crippen molar-refractivity contribution < 1.29 is 5.11 Å². The molecule has 0 aliphatic rings. The molecule has 0 fully saturated rings. The first-order chi connectivity index (χ1) is 7.66. The molecule has 0 aliphatic heterocycles. The van der Waals surface area contributed by atoms with Crippen molar-refractivity contribution in [1.82, 2.24) is 0 Å². The van der Waals surface area contributed by atoms with E-state index in [1.807, 2.05) is 22.9 Å². The number of hydrogen-bond donors (Lipinski definition) is 1. The fourth-order valence-corrected chi connectivity index (χ4v) is 2.50. The van der Waals surface area contributed by atoms with Crippen molar-refractivity contribution in [3.63, 3.8) is 0 Å². The lowest BCUT2D eigenvalue weighted by molar-refractivity contribution is 0.179. The second-order valence-electron chi connectivity index (χ2n) is 3.53. The van der Waals surface area contributed by atoms with Crippen LogP contribution in [0.2, 0.25) is 10.0 Å². The molecule has 2 aromatic rings. The second kappa shape index (κ2) is 5.19. The van der Waals surface area contributed by atoms with Gasteiger partial charge in [-0.3, -0.25) is 0 Å². The molecular weight excluding hydrogens is 263 g/mol. The summed E-state index contributed by atoms with van der Waals surface area (Å²) in [5, 5.41) is 14.9. The molecule has 1 atom stereocenters. The van der Waals surface area contributed by atoms with Crippen LogP contribution in [0.1, 0.15) is 17.2 Å². The predicted octanol–water partition coefficient (Wildman–Crippen LogP) is 4.33. The smallest absolute Gasteiger partial charge is 0.0838 e. The summed E-state index contributed by atoms with van der Waals surface area (Å²) in [6.07, 6.45) is 0.0664. The highest BCUT2D eigenvalue weighted by Crippen LogP contribution is 2.26. The zero-order chi connectivity index (χ0) is 11.5. The Balaban J connectivity index is 2.12. The molecule has 0 aliphatic carbocycles. The molecule has 16 heavy (non-hydrogen) atoms. The zero-order valence-corrected chi connectivity index (χ0v) is 10.7. The first-order valence-corrected chi connectivity index (χ1v) is 6.51. The van der Waals surface area contributed by atoms with E-state index in [0.717, 1.165) is 11.1 Å². The van der Waals surface area contributed by atoms with Crippen LogP contribution in [0.5, 0.6) is 0 Å². The highest BCUT2D eigenvalue weighted by Gasteiger charge is 2.09. The van der Waals surface area contributed by atoms with Crippen LogP contribution >= 0.6 is 34.5 Å². The van der Waals surface area contributed by atoms with E-state index < -0.39 is 6.10 Å². The molecule has 0 bridgehead atoms. The van der Waals surface area contributed by atoms with Gasteiger partial charge in [0.2, 0.25) is 0 Å². The summed E-state index contributed by atoms with van der Waals surface area (Å²) in [6, 6.07) is 7.34. The number of halogens is 2. The topological polar surface area (TPSA) is 20.2 Å². The van der Waals surface area contributed by atoms with Crippen LogP contribution in [-0.2, 0) is 6.42 Å². The van der Waals surface area contributed by atoms with E-state index in [9.17, 15) is 5.11 Å². The van der Waals surface area contributed by atoms with Crippen molar-refractivity contribution in [1.29, 1.82) is 0 Å². The Bertz CT molecular complexity index is 468. The number of hydrogen-bond acceptors (Lipinski definition) is 2. The van der Waals surface area contributed by atoms with Crippen LogP contribution in [0.15, 0.2) is 35.0 Å². The van der Waals surface area contributed by atoms with Gasteiger partial charge < -0.3 is 5.11 Å². The maximum Gasteiger partial charge on any atom is 0.0838 e. The summed E-state index contributed by atoms with van der Waals surface area (Å²) in [4.78, 5) is 0. The number of aliphatic hydroxyl groups excluding tert-OH is 1. The Morgan fingerprint density at radius 2 is 2.00 bits per heavy atom. The molecule has 1 nitrogen and oxygen atoms in total. The molecule has 0 amide bonds. The van der Waals surface area contributed by atoms with Gasteiger partial charge in [0.15, 0.2) is 0 Å². The van der Waals surface area contributed by atoms with Gasteiger partial charge in [-0.15, -0.1) is 0 Å². The lowest BCUT2D eigenvalue weighted by Gasteiger charge is -2.09. The third-order valence-corrected chi connectivity index (χ3v) is 3.78. The summed E-state index contributed by atoms with van der Waals surface area (Å²) in [5.41, 5.74) is 1.92. The van der Waals surface area contributed by atoms with Gasteiger partial charge in [0.05, 0.1) is 16.1 Å². The first-order valence-electron chi connectivity index (χ1n) is 4.81. The second-order valence-corrected chi connectivity index (χ2v) is 5.12. The Kier molecular flexibility index (Phi) is 3.87. The fourth-order valence-electron chi connectivity index (χ4n) is 1.47. The fraction of sp³-hybridized carbons (Fsp3) is 0.167. The first kappa shape index (κ1) is 11.9. The van der Waals surface area contributed by atoms with Crippen molar-refractivity contribution in [2.24, 2.45) is 0 Å². The molecule has 2 rings (SSSR count). The van der Waals surface area contributed by atoms with Crippen LogP contribution in [0.25, 0.3) is 0 Å². The maximum absolute atomic E-state index is 9.95. The van der Waals surface area contributed by atoms with Crippen LogP contribution in [0.4, 0.5) is 0 Å². The monoisotopic (exact) mass is 272 g/mol. The number of rotatable bonds is 3. The summed E-state index contributed by atoms with van der Waals surface area (Å²) >= 11 is 13.3. The molecule has 1 aromatic carbocycles. The largest absolute Gasteiger partial charge is 0.388 e. The van der Waals surface area contributed by atoms with Crippen LogP contribution in [0.3, 0.4) is 0 Å². The molecular formula is C12H10Cl2OS. The molecule has 0 radical (unpaired) electrons. The predicted molar refractivity (Wildman–Crippen MR) is 69.4 cm³/mol. The van der Waals surface area contributed by atoms with Crippen molar-refractivity contribution in [2.45, 2.75) is 12.5 Å². The highest BCUT2D eigenvalue weighted by molar-refractivity contribution is 7.07. The number of thiophene rings is 1. The van der Waals surface area contributed by atoms with E-state index in [-0.39, 0.29) is 0 Å². The highest BCUT2D eigenvalue weighted by atomic mass is 35.5. The minimum atomic E-state index is -0.483. The normalized spacial score (nSPS) is 12.7. The Morgan fingerprint density at radius 3 is 2.62 bits per heavy atom. The Labute approximate surface area is 108 Å². The SMILES string of the molecule is OC(Cc1ccc(Cl)c(Cl)c1)c1ccsc1. The molecule has 0 spiro atoms. The number of aliphatic hydroxyl groups is 1. The standard InChI is InChI=1S/C12H10Cl2OS/c13-10-2-1-8(5-11(10)14)6-12(15)9-3-4-16-7-9/h1-5,7,12,15H,6H2. The van der Waals surface area contributed by atoms with E-state index in [1.165, 1.54) is 0 Å². The molecule has 1 N–H and O–H groups in total. The van der Waals surface area contributed by atoms with E-state index in [1.54, 1.807) is 23.5 Å². The minimum absolute atomic E-state index is 0.483. The molecule has 1 heterocycles. The molecule has 84 valence electrons. The van der Waals surface area contributed by atoms with E-state index in [2.05, 4.69) is 0 Å². The average molecular weight is 273 g/mol. The summed E-state index contributed by atoms with van der Waals surface area (Å²) in [5.74, 6) is 0. The van der Waals surface area contributed by atoms with Gasteiger partial charge in [-0.25, -0.2) is 0 Å². The summed E-state index contributed by atoms with van der Waals surface area (Å²) in [7, 11) is 0. The van der Waals surface area contributed by atoms with Crippen LogP contribution < -0.4 is 0 Å². The van der Waals surface area contributed by atoms with E-state index >= 15 is 0 Å². The van der Waals surface area contributed by atoms with Gasteiger partial charge in [0, 0.05) is 6.42 Å². The van der Waals surface area contributed by atoms with Crippen molar-refractivity contribution in [3.05, 3.63) is 56.2 Å². The Morgan fingerprint density at radius 1 is 1.19 bits per heavy atom. The minimum Gasteiger partial charge on any atom is -0.388 e. The molecule has 4 heteroatoms. The Hall–Kier alpha value is -0.540. The summed E-state index contributed by atoms with van der Waals surface area (Å²) in [6.45, 7) is 0. The van der Waals surface area contributed by atoms with Crippen LogP contribution in [0, 0.1) is 0 Å². The van der Waals surface area contributed by atoms with Gasteiger partial charge >= 0.3 is 0 Å². The molecule has 1 unspecified atom stereocenters. The van der Waals surface area contributed by atoms with Gasteiger partial charge in [-0.05, 0) is 40.1 Å². The summed E-state index contributed by atoms with van der Waals surface area (Å²) < 4.78 is 0.